The fraction of sp³-hybridized carbons (Fsp3) is 0.636. The van der Waals surface area contributed by atoms with Crippen molar-refractivity contribution < 1.29 is 28.9 Å². The Balaban J connectivity index is 1.87. The first-order valence-electron chi connectivity index (χ1n) is 11.1. The number of carboxylic acids is 1. The van der Waals surface area contributed by atoms with Crippen LogP contribution in [-0.2, 0) is 25.1 Å². The van der Waals surface area contributed by atoms with Gasteiger partial charge in [-0.3, -0.25) is 9.36 Å². The number of aliphatic hydroxyl groups is 1. The molecule has 1 aromatic rings. The lowest BCUT2D eigenvalue weighted by atomic mass is 10.1. The smallest absolute Gasteiger partial charge is 0.326 e. The van der Waals surface area contributed by atoms with Gasteiger partial charge in [-0.25, -0.2) is 4.79 Å². The van der Waals surface area contributed by atoms with Crippen LogP contribution in [0.3, 0.4) is 0 Å². The van der Waals surface area contributed by atoms with E-state index in [1.807, 2.05) is 30.3 Å². The van der Waals surface area contributed by atoms with Crippen LogP contribution in [0.1, 0.15) is 56.9 Å². The molecule has 0 spiro atoms. The Morgan fingerprint density at radius 3 is 2.55 bits per heavy atom. The number of carbonyl (C=O) groups excluding carboxylic acids is 1. The van der Waals surface area contributed by atoms with Gasteiger partial charge in [0.05, 0.1) is 0 Å². The van der Waals surface area contributed by atoms with E-state index < -0.39 is 37.9 Å². The second kappa shape index (κ2) is 13.6. The maximum atomic E-state index is 12.9. The fourth-order valence-electron chi connectivity index (χ4n) is 3.83. The number of carboxylic acid groups (broad SMARTS) is 1. The SMILES string of the molecule is NCCCCC(O[PH](=O)[C@H](O)CCCCc1ccccc1)C(=O)N1CCC[C@H]1C(=O)O. The average molecular weight is 455 g/mol. The molecule has 1 amide bonds. The molecule has 1 aliphatic heterocycles. The van der Waals surface area contributed by atoms with Crippen molar-refractivity contribution in [2.75, 3.05) is 13.1 Å². The number of benzene rings is 1. The van der Waals surface area contributed by atoms with Crippen LogP contribution in [0, 0.1) is 0 Å². The Kier molecular flexibility index (Phi) is 11.2. The molecule has 0 aromatic heterocycles. The Hall–Kier alpha value is -1.73. The first kappa shape index (κ1) is 25.5. The average Bonchev–Trinajstić information content (AvgIpc) is 3.26. The van der Waals surface area contributed by atoms with Crippen LogP contribution < -0.4 is 5.73 Å². The van der Waals surface area contributed by atoms with E-state index in [-0.39, 0.29) is 0 Å². The molecule has 0 saturated carbocycles. The molecule has 1 fully saturated rings. The van der Waals surface area contributed by atoms with E-state index in [0.29, 0.717) is 58.0 Å². The summed E-state index contributed by atoms with van der Waals surface area (Å²) < 4.78 is 18.1. The van der Waals surface area contributed by atoms with Gasteiger partial charge >= 0.3 is 5.97 Å². The number of hydrogen-bond donors (Lipinski definition) is 3. The minimum Gasteiger partial charge on any atom is -0.480 e. The molecule has 1 saturated heterocycles. The summed E-state index contributed by atoms with van der Waals surface area (Å²) in [5, 5.41) is 19.6. The van der Waals surface area contributed by atoms with E-state index in [9.17, 15) is 24.4 Å². The van der Waals surface area contributed by atoms with Gasteiger partial charge in [-0.2, -0.15) is 0 Å². The van der Waals surface area contributed by atoms with Crippen LogP contribution in [0.2, 0.25) is 0 Å². The van der Waals surface area contributed by atoms with Gasteiger partial charge < -0.3 is 25.4 Å². The van der Waals surface area contributed by atoms with E-state index in [0.717, 1.165) is 12.8 Å². The van der Waals surface area contributed by atoms with Crippen molar-refractivity contribution in [1.82, 2.24) is 4.90 Å². The normalized spacial score (nSPS) is 19.2. The van der Waals surface area contributed by atoms with E-state index in [1.165, 1.54) is 10.5 Å². The van der Waals surface area contributed by atoms with Crippen LogP contribution >= 0.6 is 8.03 Å². The number of nitrogens with two attached hydrogens (primary N) is 1. The van der Waals surface area contributed by atoms with Gasteiger partial charge in [0, 0.05) is 6.54 Å². The molecule has 31 heavy (non-hydrogen) atoms. The van der Waals surface area contributed by atoms with Crippen LogP contribution in [-0.4, -0.2) is 58.1 Å². The molecule has 0 aliphatic carbocycles. The molecule has 2 rings (SSSR count). The Bertz CT molecular complexity index is 717. The number of aryl methyl sites for hydroxylation is 1. The summed E-state index contributed by atoms with van der Waals surface area (Å²) in [6, 6.07) is 9.13. The highest BCUT2D eigenvalue weighted by molar-refractivity contribution is 7.39. The lowest BCUT2D eigenvalue weighted by molar-refractivity contribution is -0.151. The summed E-state index contributed by atoms with van der Waals surface area (Å²) in [5.41, 5.74) is 6.74. The van der Waals surface area contributed by atoms with Gasteiger partial charge in [-0.15, -0.1) is 0 Å². The third kappa shape index (κ3) is 8.37. The number of amides is 1. The Morgan fingerprint density at radius 1 is 1.16 bits per heavy atom. The summed E-state index contributed by atoms with van der Waals surface area (Å²) in [6.45, 7) is 0.803. The molecular weight excluding hydrogens is 419 g/mol. The quantitative estimate of drug-likeness (QED) is 0.291. The third-order valence-corrected chi connectivity index (χ3v) is 6.93. The first-order chi connectivity index (χ1) is 14.9. The molecule has 1 aromatic carbocycles. The number of aliphatic carboxylic acids is 1. The summed E-state index contributed by atoms with van der Waals surface area (Å²) in [4.78, 5) is 25.7. The third-order valence-electron chi connectivity index (χ3n) is 5.58. The van der Waals surface area contributed by atoms with Crippen molar-refractivity contribution in [3.8, 4) is 0 Å². The van der Waals surface area contributed by atoms with Crippen molar-refractivity contribution in [2.45, 2.75) is 75.8 Å². The predicted molar refractivity (Wildman–Crippen MR) is 119 cm³/mol. The highest BCUT2D eigenvalue weighted by atomic mass is 31.1. The van der Waals surface area contributed by atoms with Crippen LogP contribution in [0.25, 0.3) is 0 Å². The number of unbranched alkanes of at least 4 members (excludes halogenated alkanes) is 2. The summed E-state index contributed by atoms with van der Waals surface area (Å²) >= 11 is 0. The largest absolute Gasteiger partial charge is 0.480 e. The molecule has 1 aliphatic rings. The van der Waals surface area contributed by atoms with Crippen molar-refractivity contribution in [3.63, 3.8) is 0 Å². The first-order valence-corrected chi connectivity index (χ1v) is 12.5. The minimum atomic E-state index is -2.88. The number of hydrogen-bond acceptors (Lipinski definition) is 6. The number of likely N-dealkylation sites (tertiary alicyclic amines) is 1. The second-order valence-corrected chi connectivity index (χ2v) is 9.53. The molecule has 9 heteroatoms. The molecular formula is C22H35N2O6P. The summed E-state index contributed by atoms with van der Waals surface area (Å²) in [5.74, 6) is -2.63. The summed E-state index contributed by atoms with van der Waals surface area (Å²) in [7, 11) is -2.88. The maximum absolute atomic E-state index is 12.9. The molecule has 4 atom stereocenters. The lowest BCUT2D eigenvalue weighted by Crippen LogP contribution is -2.46. The molecule has 2 unspecified atom stereocenters. The summed E-state index contributed by atoms with van der Waals surface area (Å²) in [6.07, 6.45) is 4.31. The Morgan fingerprint density at radius 2 is 1.87 bits per heavy atom. The number of rotatable bonds is 14. The van der Waals surface area contributed by atoms with Crippen molar-refractivity contribution in [1.29, 1.82) is 0 Å². The topological polar surface area (TPSA) is 130 Å². The second-order valence-electron chi connectivity index (χ2n) is 7.99. The van der Waals surface area contributed by atoms with Gasteiger partial charge in [0.1, 0.15) is 18.0 Å². The van der Waals surface area contributed by atoms with Gasteiger partial charge in [-0.05, 0) is 69.9 Å². The lowest BCUT2D eigenvalue weighted by Gasteiger charge is -2.27. The molecule has 8 nitrogen and oxygen atoms in total. The van der Waals surface area contributed by atoms with Crippen molar-refractivity contribution >= 4 is 19.9 Å². The van der Waals surface area contributed by atoms with E-state index in [1.54, 1.807) is 0 Å². The van der Waals surface area contributed by atoms with Gasteiger partial charge in [0.15, 0.2) is 0 Å². The molecule has 174 valence electrons. The Labute approximate surface area is 184 Å². The predicted octanol–water partition coefficient (Wildman–Crippen LogP) is 2.78. The molecule has 0 radical (unpaired) electrons. The van der Waals surface area contributed by atoms with Gasteiger partial charge in [0.25, 0.3) is 5.91 Å². The number of carbonyl (C=O) groups is 2. The maximum Gasteiger partial charge on any atom is 0.326 e. The standard InChI is InChI=1S/C22H35N2O6P/c23-15-7-6-13-19(21(26)24-16-8-12-18(24)22(27)28)30-31(29)20(25)14-5-4-11-17-9-2-1-3-10-17/h1-3,9-10,18-20,25,31H,4-8,11-16,23H2,(H,27,28)/t18-,19?,20-/m0/s1. The number of nitrogens with zero attached hydrogens (tertiary/aromatic N) is 1. The van der Waals surface area contributed by atoms with Gasteiger partial charge in [-0.1, -0.05) is 30.3 Å². The highest BCUT2D eigenvalue weighted by Gasteiger charge is 2.38. The zero-order valence-corrected chi connectivity index (χ0v) is 18.9. The highest BCUT2D eigenvalue weighted by Crippen LogP contribution is 2.35. The fourth-order valence-corrected chi connectivity index (χ4v) is 4.92. The molecule has 1 heterocycles. The molecule has 0 bridgehead atoms. The zero-order chi connectivity index (χ0) is 22.6. The van der Waals surface area contributed by atoms with E-state index >= 15 is 0 Å². The minimum absolute atomic E-state index is 0.302. The molecule has 4 N–H and O–H groups in total. The van der Waals surface area contributed by atoms with Gasteiger partial charge in [0.2, 0.25) is 8.03 Å². The van der Waals surface area contributed by atoms with Crippen molar-refractivity contribution in [3.05, 3.63) is 35.9 Å². The van der Waals surface area contributed by atoms with Crippen LogP contribution in [0.15, 0.2) is 30.3 Å². The van der Waals surface area contributed by atoms with Crippen LogP contribution in [0.4, 0.5) is 0 Å². The van der Waals surface area contributed by atoms with Crippen LogP contribution in [0.5, 0.6) is 0 Å². The number of aliphatic hydroxyl groups excluding tert-OH is 1. The van der Waals surface area contributed by atoms with Crippen molar-refractivity contribution in [2.24, 2.45) is 5.73 Å². The monoisotopic (exact) mass is 454 g/mol. The van der Waals surface area contributed by atoms with E-state index in [2.05, 4.69) is 0 Å². The van der Waals surface area contributed by atoms with E-state index in [4.69, 9.17) is 10.3 Å². The zero-order valence-electron chi connectivity index (χ0n) is 17.9.